The summed E-state index contributed by atoms with van der Waals surface area (Å²) in [6.45, 7) is 6.35. The first-order valence-corrected chi connectivity index (χ1v) is 9.52. The smallest absolute Gasteiger partial charge is 0.274 e. The molecule has 0 spiro atoms. The van der Waals surface area contributed by atoms with Crippen LogP contribution in [0.2, 0.25) is 0 Å². The van der Waals surface area contributed by atoms with Crippen LogP contribution in [-0.2, 0) is 5.41 Å². The van der Waals surface area contributed by atoms with E-state index in [9.17, 15) is 4.79 Å². The van der Waals surface area contributed by atoms with E-state index in [4.69, 9.17) is 0 Å². The lowest BCUT2D eigenvalue weighted by Gasteiger charge is -2.22. The maximum Gasteiger partial charge on any atom is 0.274 e. The van der Waals surface area contributed by atoms with Gasteiger partial charge in [0.15, 0.2) is 0 Å². The van der Waals surface area contributed by atoms with Gasteiger partial charge in [-0.05, 0) is 47.4 Å². The van der Waals surface area contributed by atoms with Crippen molar-refractivity contribution in [2.45, 2.75) is 26.2 Å². The Morgan fingerprint density at radius 1 is 0.966 bits per heavy atom. The predicted molar refractivity (Wildman–Crippen MR) is 119 cm³/mol. The maximum absolute atomic E-state index is 12.8. The summed E-state index contributed by atoms with van der Waals surface area (Å²) in [6, 6.07) is 17.3. The molecule has 1 heterocycles. The highest BCUT2D eigenvalue weighted by Gasteiger charge is 2.19. The third-order valence-electron chi connectivity index (χ3n) is 4.51. The van der Waals surface area contributed by atoms with Gasteiger partial charge in [-0.2, -0.15) is 0 Å². The molecule has 2 N–H and O–H groups in total. The summed E-state index contributed by atoms with van der Waals surface area (Å²) in [6.07, 6.45) is 1.58. The molecule has 0 bridgehead atoms. The molecule has 0 fully saturated rings. The zero-order valence-corrected chi connectivity index (χ0v) is 17.5. The van der Waals surface area contributed by atoms with E-state index in [1.165, 1.54) is 0 Å². The van der Waals surface area contributed by atoms with Crippen molar-refractivity contribution in [1.29, 1.82) is 0 Å². The molecule has 1 amide bonds. The maximum atomic E-state index is 12.8. The van der Waals surface area contributed by atoms with Crippen LogP contribution in [-0.4, -0.2) is 30.0 Å². The van der Waals surface area contributed by atoms with Crippen LogP contribution in [0, 0.1) is 0 Å². The number of hydrogen-bond donors (Lipinski definition) is 2. The average molecular weight is 390 g/mol. The van der Waals surface area contributed by atoms with Crippen LogP contribution in [0.4, 0.5) is 23.0 Å². The summed E-state index contributed by atoms with van der Waals surface area (Å²) < 4.78 is 0. The molecule has 0 unspecified atom stereocenters. The Kier molecular flexibility index (Phi) is 5.82. The van der Waals surface area contributed by atoms with Crippen molar-refractivity contribution in [2.24, 2.45) is 0 Å². The third-order valence-corrected chi connectivity index (χ3v) is 4.51. The number of para-hydroxylation sites is 1. The Bertz CT molecular complexity index is 991. The van der Waals surface area contributed by atoms with Gasteiger partial charge in [-0.15, -0.1) is 0 Å². The lowest BCUT2D eigenvalue weighted by molar-refractivity contribution is 0.102. The second-order valence-electron chi connectivity index (χ2n) is 8.08. The van der Waals surface area contributed by atoms with Crippen molar-refractivity contribution < 1.29 is 4.79 Å². The van der Waals surface area contributed by atoms with Gasteiger partial charge in [0.25, 0.3) is 5.91 Å². The summed E-state index contributed by atoms with van der Waals surface area (Å²) in [5.74, 6) is 0.106. The lowest BCUT2D eigenvalue weighted by atomic mass is 9.86. The SMILES string of the molecule is CN(C)c1ccc(Nc2nccc(C(=O)Nc3ccccc3C(C)(C)C)n2)cc1. The number of nitrogens with zero attached hydrogens (tertiary/aromatic N) is 3. The minimum absolute atomic E-state index is 0.0824. The molecular weight excluding hydrogens is 362 g/mol. The number of carbonyl (C=O) groups is 1. The largest absolute Gasteiger partial charge is 0.378 e. The van der Waals surface area contributed by atoms with Crippen molar-refractivity contribution in [3.05, 3.63) is 72.1 Å². The molecule has 0 saturated carbocycles. The molecule has 0 atom stereocenters. The molecule has 0 aliphatic heterocycles. The highest BCUT2D eigenvalue weighted by Crippen LogP contribution is 2.29. The zero-order valence-electron chi connectivity index (χ0n) is 17.5. The number of hydrogen-bond acceptors (Lipinski definition) is 5. The number of aromatic nitrogens is 2. The van der Waals surface area contributed by atoms with E-state index < -0.39 is 0 Å². The molecule has 3 aromatic rings. The Morgan fingerprint density at radius 2 is 1.66 bits per heavy atom. The Labute approximate surface area is 172 Å². The third kappa shape index (κ3) is 5.10. The summed E-state index contributed by atoms with van der Waals surface area (Å²) in [5, 5.41) is 6.13. The molecule has 1 aromatic heterocycles. The Balaban J connectivity index is 1.77. The number of benzene rings is 2. The quantitative estimate of drug-likeness (QED) is 0.654. The van der Waals surface area contributed by atoms with Gasteiger partial charge in [-0.3, -0.25) is 4.79 Å². The fourth-order valence-electron chi connectivity index (χ4n) is 2.95. The van der Waals surface area contributed by atoms with E-state index in [-0.39, 0.29) is 11.3 Å². The number of rotatable bonds is 5. The number of carbonyl (C=O) groups excluding carboxylic acids is 1. The van der Waals surface area contributed by atoms with Crippen LogP contribution >= 0.6 is 0 Å². The van der Waals surface area contributed by atoms with Gasteiger partial charge in [0.2, 0.25) is 5.95 Å². The highest BCUT2D eigenvalue weighted by molar-refractivity contribution is 6.03. The van der Waals surface area contributed by atoms with Crippen LogP contribution in [0.3, 0.4) is 0 Å². The molecule has 6 heteroatoms. The first-order chi connectivity index (χ1) is 13.7. The zero-order chi connectivity index (χ0) is 21.0. The lowest BCUT2D eigenvalue weighted by Crippen LogP contribution is -2.19. The van der Waals surface area contributed by atoms with E-state index >= 15 is 0 Å². The standard InChI is InChI=1S/C23H27N5O/c1-23(2,3)18-8-6-7-9-19(18)26-21(29)20-14-15-24-22(27-20)25-16-10-12-17(13-11-16)28(4)5/h6-15H,1-5H3,(H,26,29)(H,24,25,27). The minimum atomic E-state index is -0.268. The fourth-order valence-corrected chi connectivity index (χ4v) is 2.95. The van der Waals surface area contributed by atoms with Crippen molar-refractivity contribution in [3.63, 3.8) is 0 Å². The van der Waals surface area contributed by atoms with Crippen LogP contribution in [0.1, 0.15) is 36.8 Å². The first kappa shape index (κ1) is 20.3. The highest BCUT2D eigenvalue weighted by atomic mass is 16.1. The van der Waals surface area contributed by atoms with E-state index in [0.29, 0.717) is 11.6 Å². The van der Waals surface area contributed by atoms with Gasteiger partial charge in [0.1, 0.15) is 5.69 Å². The average Bonchev–Trinajstić information content (AvgIpc) is 2.68. The van der Waals surface area contributed by atoms with Crippen molar-refractivity contribution in [1.82, 2.24) is 9.97 Å². The monoisotopic (exact) mass is 389 g/mol. The molecule has 3 rings (SSSR count). The molecule has 2 aromatic carbocycles. The van der Waals surface area contributed by atoms with Crippen LogP contribution < -0.4 is 15.5 Å². The van der Waals surface area contributed by atoms with Crippen molar-refractivity contribution in [3.8, 4) is 0 Å². The number of anilines is 4. The topological polar surface area (TPSA) is 70.2 Å². The second-order valence-corrected chi connectivity index (χ2v) is 8.08. The first-order valence-electron chi connectivity index (χ1n) is 9.52. The van der Waals surface area contributed by atoms with Crippen LogP contribution in [0.25, 0.3) is 0 Å². The number of nitrogens with one attached hydrogen (secondary N) is 2. The molecule has 150 valence electrons. The van der Waals surface area contributed by atoms with E-state index in [2.05, 4.69) is 41.4 Å². The summed E-state index contributed by atoms with van der Waals surface area (Å²) in [5.41, 5.74) is 4.03. The van der Waals surface area contributed by atoms with Gasteiger partial charge >= 0.3 is 0 Å². The van der Waals surface area contributed by atoms with E-state index in [0.717, 1.165) is 22.6 Å². The van der Waals surface area contributed by atoms with Crippen molar-refractivity contribution >= 4 is 28.9 Å². The normalized spacial score (nSPS) is 11.1. The molecule has 0 radical (unpaired) electrons. The molecule has 0 saturated heterocycles. The van der Waals surface area contributed by atoms with Gasteiger partial charge in [0, 0.05) is 37.4 Å². The van der Waals surface area contributed by atoms with Crippen molar-refractivity contribution in [2.75, 3.05) is 29.6 Å². The van der Waals surface area contributed by atoms with Gasteiger partial charge in [0.05, 0.1) is 0 Å². The van der Waals surface area contributed by atoms with Gasteiger partial charge in [-0.25, -0.2) is 9.97 Å². The number of amides is 1. The molecule has 29 heavy (non-hydrogen) atoms. The molecule has 0 aliphatic rings. The minimum Gasteiger partial charge on any atom is -0.378 e. The van der Waals surface area contributed by atoms with E-state index in [1.807, 2.05) is 67.5 Å². The summed E-state index contributed by atoms with van der Waals surface area (Å²) in [7, 11) is 3.98. The van der Waals surface area contributed by atoms with Crippen LogP contribution in [0.5, 0.6) is 0 Å². The Morgan fingerprint density at radius 3 is 2.31 bits per heavy atom. The summed E-state index contributed by atoms with van der Waals surface area (Å²) in [4.78, 5) is 23.4. The van der Waals surface area contributed by atoms with Gasteiger partial charge < -0.3 is 15.5 Å². The summed E-state index contributed by atoms with van der Waals surface area (Å²) >= 11 is 0. The molecule has 6 nitrogen and oxygen atoms in total. The van der Waals surface area contributed by atoms with Gasteiger partial charge in [-0.1, -0.05) is 39.0 Å². The Hall–Kier alpha value is -3.41. The predicted octanol–water partition coefficient (Wildman–Crippen LogP) is 4.84. The van der Waals surface area contributed by atoms with Crippen LogP contribution in [0.15, 0.2) is 60.8 Å². The second kappa shape index (κ2) is 8.31. The molecular formula is C23H27N5O. The van der Waals surface area contributed by atoms with E-state index in [1.54, 1.807) is 12.3 Å². The fraction of sp³-hybridized carbons (Fsp3) is 0.261. The molecule has 0 aliphatic carbocycles.